The summed E-state index contributed by atoms with van der Waals surface area (Å²) in [5.74, 6) is -0.903. The second kappa shape index (κ2) is 9.29. The van der Waals surface area contributed by atoms with Gasteiger partial charge in [-0.1, -0.05) is 0 Å². The lowest BCUT2D eigenvalue weighted by Crippen LogP contribution is -2.41. The summed E-state index contributed by atoms with van der Waals surface area (Å²) in [6.45, 7) is 4.19. The van der Waals surface area contributed by atoms with Crippen LogP contribution in [0.15, 0.2) is 47.5 Å². The zero-order valence-electron chi connectivity index (χ0n) is 16.0. The maximum atomic E-state index is 13.1. The van der Waals surface area contributed by atoms with Gasteiger partial charge in [-0.2, -0.15) is 0 Å². The molecule has 0 aliphatic carbocycles. The lowest BCUT2D eigenvalue weighted by molar-refractivity contribution is 0.0383. The molecule has 0 saturated carbocycles. The minimum atomic E-state index is -3.89. The molecule has 0 spiro atoms. The molecule has 0 radical (unpaired) electrons. The van der Waals surface area contributed by atoms with Gasteiger partial charge in [0.25, 0.3) is 15.9 Å². The third kappa shape index (κ3) is 5.28. The molecule has 1 fully saturated rings. The van der Waals surface area contributed by atoms with E-state index in [-0.39, 0.29) is 22.2 Å². The molecular formula is C19H23FN4O4S. The highest BCUT2D eigenvalue weighted by Gasteiger charge is 2.22. The van der Waals surface area contributed by atoms with Crippen LogP contribution in [0.4, 0.5) is 10.1 Å². The summed E-state index contributed by atoms with van der Waals surface area (Å²) < 4.78 is 44.9. The van der Waals surface area contributed by atoms with Crippen molar-refractivity contribution in [3.05, 3.63) is 54.1 Å². The number of nitrogens with one attached hydrogen (secondary N) is 1. The van der Waals surface area contributed by atoms with Crippen LogP contribution in [-0.4, -0.2) is 70.6 Å². The van der Waals surface area contributed by atoms with Gasteiger partial charge in [0, 0.05) is 39.4 Å². The molecule has 1 aromatic carbocycles. The van der Waals surface area contributed by atoms with Crippen LogP contribution in [0.1, 0.15) is 10.5 Å². The Balaban J connectivity index is 1.66. The van der Waals surface area contributed by atoms with Crippen molar-refractivity contribution in [2.45, 2.75) is 4.90 Å². The molecule has 10 heteroatoms. The van der Waals surface area contributed by atoms with Gasteiger partial charge in [-0.3, -0.25) is 19.0 Å². The quantitative estimate of drug-likeness (QED) is 0.719. The molecule has 3 rings (SSSR count). The van der Waals surface area contributed by atoms with E-state index in [9.17, 15) is 17.6 Å². The number of benzene rings is 1. The van der Waals surface area contributed by atoms with Crippen LogP contribution in [0.2, 0.25) is 0 Å². The van der Waals surface area contributed by atoms with Crippen LogP contribution in [-0.2, 0) is 14.8 Å². The molecule has 1 amide bonds. The molecule has 1 aliphatic heterocycles. The number of rotatable bonds is 7. The predicted molar refractivity (Wildman–Crippen MR) is 106 cm³/mol. The van der Waals surface area contributed by atoms with Crippen LogP contribution in [0.3, 0.4) is 0 Å². The number of ether oxygens (including phenoxy) is 1. The number of nitrogens with zero attached hydrogens (tertiary/aromatic N) is 3. The number of carbonyl (C=O) groups excluding carboxylic acids is 1. The van der Waals surface area contributed by atoms with Crippen LogP contribution >= 0.6 is 0 Å². The molecule has 0 atom stereocenters. The minimum absolute atomic E-state index is 0.0466. The van der Waals surface area contributed by atoms with Gasteiger partial charge in [-0.05, 0) is 36.4 Å². The van der Waals surface area contributed by atoms with Crippen LogP contribution in [0.25, 0.3) is 0 Å². The van der Waals surface area contributed by atoms with E-state index in [1.54, 1.807) is 0 Å². The number of aromatic nitrogens is 1. The van der Waals surface area contributed by atoms with E-state index in [1.807, 2.05) is 0 Å². The van der Waals surface area contributed by atoms with Crippen molar-refractivity contribution < 1.29 is 22.3 Å². The molecular weight excluding hydrogens is 399 g/mol. The Bertz CT molecular complexity index is 947. The first kappa shape index (κ1) is 21.2. The third-order valence-corrected chi connectivity index (χ3v) is 6.43. The minimum Gasteiger partial charge on any atom is -0.379 e. The highest BCUT2D eigenvalue weighted by molar-refractivity contribution is 7.92. The maximum Gasteiger partial charge on any atom is 0.269 e. The van der Waals surface area contributed by atoms with Gasteiger partial charge in [-0.15, -0.1) is 0 Å². The fourth-order valence-corrected chi connectivity index (χ4v) is 4.07. The highest BCUT2D eigenvalue weighted by Crippen LogP contribution is 2.22. The number of amides is 1. The number of hydrogen-bond acceptors (Lipinski definition) is 6. The molecule has 1 aliphatic rings. The normalized spacial score (nSPS) is 15.1. The largest absolute Gasteiger partial charge is 0.379 e. The van der Waals surface area contributed by atoms with Crippen molar-refractivity contribution in [2.24, 2.45) is 0 Å². The van der Waals surface area contributed by atoms with E-state index in [0.717, 1.165) is 29.5 Å². The standard InChI is InChI=1S/C19H23FN4O4S/c1-23(29(26,27)17-4-2-15(20)3-5-17)16-6-7-21-18(14-16)19(25)22-8-9-24-10-12-28-13-11-24/h2-7,14H,8-13H2,1H3,(H,22,25). The number of hydrogen-bond donors (Lipinski definition) is 1. The molecule has 1 aromatic heterocycles. The van der Waals surface area contributed by atoms with E-state index in [2.05, 4.69) is 15.2 Å². The average molecular weight is 422 g/mol. The van der Waals surface area contributed by atoms with Gasteiger partial charge >= 0.3 is 0 Å². The smallest absolute Gasteiger partial charge is 0.269 e. The molecule has 1 saturated heterocycles. The molecule has 2 aromatic rings. The topological polar surface area (TPSA) is 91.8 Å². The second-order valence-corrected chi connectivity index (χ2v) is 8.50. The zero-order valence-corrected chi connectivity index (χ0v) is 16.9. The summed E-state index contributed by atoms with van der Waals surface area (Å²) in [4.78, 5) is 18.6. The Morgan fingerprint density at radius 1 is 1.24 bits per heavy atom. The van der Waals surface area contributed by atoms with Crippen molar-refractivity contribution >= 4 is 21.6 Å². The molecule has 0 bridgehead atoms. The first-order chi connectivity index (χ1) is 13.9. The number of halogens is 1. The summed E-state index contributed by atoms with van der Waals surface area (Å²) in [7, 11) is -2.52. The zero-order chi connectivity index (χ0) is 20.9. The van der Waals surface area contributed by atoms with Crippen molar-refractivity contribution in [1.82, 2.24) is 15.2 Å². The van der Waals surface area contributed by atoms with Gasteiger partial charge in [-0.25, -0.2) is 12.8 Å². The van der Waals surface area contributed by atoms with Crippen molar-refractivity contribution in [3.63, 3.8) is 0 Å². The monoisotopic (exact) mass is 422 g/mol. The fraction of sp³-hybridized carbons (Fsp3) is 0.368. The lowest BCUT2D eigenvalue weighted by atomic mass is 10.3. The van der Waals surface area contributed by atoms with E-state index in [4.69, 9.17) is 4.74 Å². The van der Waals surface area contributed by atoms with Crippen LogP contribution in [0.5, 0.6) is 0 Å². The predicted octanol–water partition coefficient (Wildman–Crippen LogP) is 1.11. The summed E-state index contributed by atoms with van der Waals surface area (Å²) >= 11 is 0. The Labute approximate surface area is 169 Å². The fourth-order valence-electron chi connectivity index (χ4n) is 2.89. The van der Waals surface area contributed by atoms with Gasteiger partial charge < -0.3 is 10.1 Å². The van der Waals surface area contributed by atoms with Gasteiger partial charge in [0.05, 0.1) is 23.8 Å². The highest BCUT2D eigenvalue weighted by atomic mass is 32.2. The van der Waals surface area contributed by atoms with E-state index >= 15 is 0 Å². The second-order valence-electron chi connectivity index (χ2n) is 6.54. The van der Waals surface area contributed by atoms with Gasteiger partial charge in [0.1, 0.15) is 11.5 Å². The summed E-state index contributed by atoms with van der Waals surface area (Å²) in [6.07, 6.45) is 1.38. The molecule has 0 unspecified atom stereocenters. The summed E-state index contributed by atoms with van der Waals surface area (Å²) in [5, 5.41) is 2.80. The maximum absolute atomic E-state index is 13.1. The van der Waals surface area contributed by atoms with Gasteiger partial charge in [0.15, 0.2) is 0 Å². The molecule has 156 valence electrons. The lowest BCUT2D eigenvalue weighted by Gasteiger charge is -2.26. The van der Waals surface area contributed by atoms with E-state index < -0.39 is 15.8 Å². The molecule has 29 heavy (non-hydrogen) atoms. The van der Waals surface area contributed by atoms with Crippen molar-refractivity contribution in [3.8, 4) is 0 Å². The Morgan fingerprint density at radius 2 is 1.93 bits per heavy atom. The number of pyridine rings is 1. The Kier molecular flexibility index (Phi) is 6.78. The van der Waals surface area contributed by atoms with E-state index in [1.165, 1.54) is 37.5 Å². The van der Waals surface area contributed by atoms with Crippen LogP contribution < -0.4 is 9.62 Å². The summed E-state index contributed by atoms with van der Waals surface area (Å²) in [5.41, 5.74) is 0.397. The van der Waals surface area contributed by atoms with Gasteiger partial charge in [0.2, 0.25) is 0 Å². The van der Waals surface area contributed by atoms with Crippen molar-refractivity contribution in [1.29, 1.82) is 0 Å². The summed E-state index contributed by atoms with van der Waals surface area (Å²) in [6, 6.07) is 7.46. The molecule has 8 nitrogen and oxygen atoms in total. The van der Waals surface area contributed by atoms with E-state index in [0.29, 0.717) is 26.3 Å². The number of sulfonamides is 1. The Hall–Kier alpha value is -2.56. The SMILES string of the molecule is CN(c1ccnc(C(=O)NCCN2CCOCC2)c1)S(=O)(=O)c1ccc(F)cc1. The first-order valence-electron chi connectivity index (χ1n) is 9.17. The first-order valence-corrected chi connectivity index (χ1v) is 10.6. The number of carbonyl (C=O) groups is 1. The van der Waals surface area contributed by atoms with Crippen LogP contribution in [0, 0.1) is 5.82 Å². The molecule has 2 heterocycles. The number of anilines is 1. The number of morpholine rings is 1. The average Bonchev–Trinajstić information content (AvgIpc) is 2.74. The van der Waals surface area contributed by atoms with Crippen molar-refractivity contribution in [2.75, 3.05) is 50.7 Å². The Morgan fingerprint density at radius 3 is 2.62 bits per heavy atom. The third-order valence-electron chi connectivity index (χ3n) is 4.63. The molecule has 1 N–H and O–H groups in total.